The molecule has 0 radical (unpaired) electrons. The molecule has 1 aromatic rings. The molecule has 9 nitrogen and oxygen atoms in total. The van der Waals surface area contributed by atoms with E-state index in [1.54, 1.807) is 25.1 Å². The zero-order valence-electron chi connectivity index (χ0n) is 16.1. The first-order chi connectivity index (χ1) is 13.5. The molecule has 2 aliphatic rings. The quantitative estimate of drug-likeness (QED) is 0.644. The first-order valence-corrected chi connectivity index (χ1v) is 11.1. The molecule has 0 spiro atoms. The van der Waals surface area contributed by atoms with E-state index in [0.717, 1.165) is 17.4 Å². The van der Waals surface area contributed by atoms with E-state index >= 15 is 0 Å². The molecule has 0 bridgehead atoms. The van der Waals surface area contributed by atoms with Crippen LogP contribution in [0, 0.1) is 0 Å². The smallest absolute Gasteiger partial charge is 0.240 e. The number of anilines is 1. The summed E-state index contributed by atoms with van der Waals surface area (Å²) < 4.78 is 42.6. The molecule has 1 N–H and O–H groups in total. The second kappa shape index (κ2) is 9.44. The molecule has 0 aromatic heterocycles. The van der Waals surface area contributed by atoms with Crippen LogP contribution in [0.5, 0.6) is 11.5 Å². The average molecular weight is 413 g/mol. The summed E-state index contributed by atoms with van der Waals surface area (Å²) in [5.74, 6) is 0.592. The Hall–Kier alpha value is -2.04. The van der Waals surface area contributed by atoms with Crippen molar-refractivity contribution in [3.8, 4) is 11.5 Å². The van der Waals surface area contributed by atoms with Crippen LogP contribution in [0.2, 0.25) is 0 Å². The average Bonchev–Trinajstić information content (AvgIpc) is 2.72. The second-order valence-electron chi connectivity index (χ2n) is 6.54. The van der Waals surface area contributed by atoms with E-state index in [2.05, 4.69) is 10.2 Å². The van der Waals surface area contributed by atoms with Crippen LogP contribution >= 0.6 is 0 Å². The lowest BCUT2D eigenvalue weighted by molar-refractivity contribution is -0.119. The second-order valence-corrected chi connectivity index (χ2v) is 8.72. The number of ether oxygens (including phenoxy) is 3. The zero-order valence-corrected chi connectivity index (χ0v) is 16.9. The molecule has 0 unspecified atom stereocenters. The first-order valence-electron chi connectivity index (χ1n) is 9.46. The van der Waals surface area contributed by atoms with E-state index in [1.807, 2.05) is 0 Å². The zero-order chi connectivity index (χ0) is 20.0. The molecule has 1 amide bonds. The molecule has 1 saturated heterocycles. The highest BCUT2D eigenvalue weighted by atomic mass is 32.2. The van der Waals surface area contributed by atoms with Crippen molar-refractivity contribution in [1.82, 2.24) is 10.2 Å². The van der Waals surface area contributed by atoms with E-state index in [9.17, 15) is 13.2 Å². The van der Waals surface area contributed by atoms with E-state index in [4.69, 9.17) is 14.2 Å². The molecule has 0 saturated carbocycles. The number of morpholine rings is 1. The van der Waals surface area contributed by atoms with Gasteiger partial charge in [0, 0.05) is 32.2 Å². The fraction of sp³-hybridized carbons (Fsp3) is 0.611. The third-order valence-corrected chi connectivity index (χ3v) is 6.40. The predicted octanol–water partition coefficient (Wildman–Crippen LogP) is 0.0623. The van der Waals surface area contributed by atoms with Gasteiger partial charge in [-0.15, -0.1) is 0 Å². The molecule has 1 aromatic carbocycles. The number of benzene rings is 1. The minimum Gasteiger partial charge on any atom is -0.486 e. The van der Waals surface area contributed by atoms with Gasteiger partial charge in [-0.1, -0.05) is 0 Å². The number of fused-ring (bicyclic) bond motifs is 1. The normalized spacial score (nSPS) is 17.2. The highest BCUT2D eigenvalue weighted by Crippen LogP contribution is 2.34. The number of hydrogen-bond donors (Lipinski definition) is 1. The Bertz CT molecular complexity index is 780. The summed E-state index contributed by atoms with van der Waals surface area (Å²) in [7, 11) is -3.63. The lowest BCUT2D eigenvalue weighted by Gasteiger charge is -2.27. The number of rotatable bonds is 8. The van der Waals surface area contributed by atoms with Crippen LogP contribution in [0.15, 0.2) is 18.2 Å². The maximum absolute atomic E-state index is 12.6. The fourth-order valence-electron chi connectivity index (χ4n) is 3.06. The number of nitrogens with zero attached hydrogens (tertiary/aromatic N) is 2. The van der Waals surface area contributed by atoms with Gasteiger partial charge in [-0.05, 0) is 19.1 Å². The molecule has 1 fully saturated rings. The molecule has 0 atom stereocenters. The summed E-state index contributed by atoms with van der Waals surface area (Å²) in [6.45, 7) is 6.36. The number of amides is 1. The molecular formula is C18H27N3O6S. The Balaban J connectivity index is 1.64. The van der Waals surface area contributed by atoms with Crippen molar-refractivity contribution >= 4 is 21.6 Å². The largest absolute Gasteiger partial charge is 0.486 e. The Labute approximate surface area is 165 Å². The van der Waals surface area contributed by atoms with Crippen molar-refractivity contribution in [3.63, 3.8) is 0 Å². The van der Waals surface area contributed by atoms with Gasteiger partial charge >= 0.3 is 0 Å². The van der Waals surface area contributed by atoms with E-state index in [0.29, 0.717) is 56.7 Å². The Kier molecular flexibility index (Phi) is 6.97. The van der Waals surface area contributed by atoms with Gasteiger partial charge in [-0.3, -0.25) is 14.0 Å². The van der Waals surface area contributed by atoms with Crippen molar-refractivity contribution in [2.75, 3.05) is 69.2 Å². The maximum atomic E-state index is 12.6. The number of carbonyl (C=O) groups excluding carboxylic acids is 1. The van der Waals surface area contributed by atoms with Crippen molar-refractivity contribution in [2.45, 2.75) is 6.92 Å². The third kappa shape index (κ3) is 5.27. The number of nitrogens with one attached hydrogen (secondary N) is 1. The lowest BCUT2D eigenvalue weighted by Crippen LogP contribution is -2.45. The van der Waals surface area contributed by atoms with Gasteiger partial charge in [-0.2, -0.15) is 0 Å². The van der Waals surface area contributed by atoms with Crippen LogP contribution in [0.1, 0.15) is 6.92 Å². The molecule has 156 valence electrons. The molecule has 28 heavy (non-hydrogen) atoms. The van der Waals surface area contributed by atoms with Gasteiger partial charge < -0.3 is 19.5 Å². The Morgan fingerprint density at radius 2 is 1.86 bits per heavy atom. The summed E-state index contributed by atoms with van der Waals surface area (Å²) in [6.07, 6.45) is 0. The first kappa shape index (κ1) is 20.7. The van der Waals surface area contributed by atoms with Crippen molar-refractivity contribution in [2.24, 2.45) is 0 Å². The van der Waals surface area contributed by atoms with Crippen molar-refractivity contribution in [3.05, 3.63) is 18.2 Å². The number of hydrogen-bond acceptors (Lipinski definition) is 7. The van der Waals surface area contributed by atoms with Gasteiger partial charge in [0.15, 0.2) is 11.5 Å². The third-order valence-electron chi connectivity index (χ3n) is 4.66. The summed E-state index contributed by atoms with van der Waals surface area (Å²) in [5.41, 5.74) is 0.384. The standard InChI is InChI=1S/C18H27N3O6S/c1-2-28(23,24)21(15-3-4-16-17(13-15)27-12-11-26-16)14-18(22)19-5-6-20-7-9-25-10-8-20/h3-4,13H,2,5-12,14H2,1H3,(H,19,22). The molecule has 2 heterocycles. The fourth-order valence-corrected chi connectivity index (χ4v) is 4.12. The van der Waals surface area contributed by atoms with Crippen LogP contribution in [-0.2, 0) is 19.6 Å². The van der Waals surface area contributed by atoms with Crippen LogP contribution in [-0.4, -0.2) is 84.1 Å². The van der Waals surface area contributed by atoms with Crippen molar-refractivity contribution in [1.29, 1.82) is 0 Å². The number of carbonyl (C=O) groups is 1. The Morgan fingerprint density at radius 3 is 2.57 bits per heavy atom. The topological polar surface area (TPSA) is 97.4 Å². The van der Waals surface area contributed by atoms with E-state index in [-0.39, 0.29) is 18.2 Å². The summed E-state index contributed by atoms with van der Waals surface area (Å²) in [6, 6.07) is 4.89. The maximum Gasteiger partial charge on any atom is 0.240 e. The minimum atomic E-state index is -3.63. The SMILES string of the molecule is CCS(=O)(=O)N(CC(=O)NCCN1CCOCC1)c1ccc2c(c1)OCCO2. The molecular weight excluding hydrogens is 386 g/mol. The van der Waals surface area contributed by atoms with Gasteiger partial charge in [-0.25, -0.2) is 8.42 Å². The lowest BCUT2D eigenvalue weighted by atomic mass is 10.2. The van der Waals surface area contributed by atoms with Crippen LogP contribution in [0.4, 0.5) is 5.69 Å². The van der Waals surface area contributed by atoms with Crippen LogP contribution in [0.25, 0.3) is 0 Å². The van der Waals surface area contributed by atoms with Gasteiger partial charge in [0.2, 0.25) is 15.9 Å². The summed E-state index contributed by atoms with van der Waals surface area (Å²) in [5, 5.41) is 2.81. The van der Waals surface area contributed by atoms with Gasteiger partial charge in [0.1, 0.15) is 19.8 Å². The van der Waals surface area contributed by atoms with Crippen LogP contribution in [0.3, 0.4) is 0 Å². The predicted molar refractivity (Wildman–Crippen MR) is 105 cm³/mol. The monoisotopic (exact) mass is 413 g/mol. The van der Waals surface area contributed by atoms with Gasteiger partial charge in [0.05, 0.1) is 24.7 Å². The minimum absolute atomic E-state index is 0.109. The molecule has 10 heteroatoms. The highest BCUT2D eigenvalue weighted by molar-refractivity contribution is 7.92. The van der Waals surface area contributed by atoms with E-state index in [1.165, 1.54) is 0 Å². The summed E-state index contributed by atoms with van der Waals surface area (Å²) in [4.78, 5) is 14.6. The van der Waals surface area contributed by atoms with Crippen LogP contribution < -0.4 is 19.1 Å². The molecule has 0 aliphatic carbocycles. The molecule has 3 rings (SSSR count). The number of sulfonamides is 1. The molecule has 2 aliphatic heterocycles. The van der Waals surface area contributed by atoms with Gasteiger partial charge in [0.25, 0.3) is 0 Å². The highest BCUT2D eigenvalue weighted by Gasteiger charge is 2.25. The Morgan fingerprint density at radius 1 is 1.14 bits per heavy atom. The van der Waals surface area contributed by atoms with E-state index < -0.39 is 10.0 Å². The summed E-state index contributed by atoms with van der Waals surface area (Å²) >= 11 is 0. The van der Waals surface area contributed by atoms with Crippen molar-refractivity contribution < 1.29 is 27.4 Å².